The molecule has 84 valence electrons. The Kier molecular flexibility index (Phi) is 3.46. The summed E-state index contributed by atoms with van der Waals surface area (Å²) in [5, 5.41) is -0.723. The van der Waals surface area contributed by atoms with Gasteiger partial charge < -0.3 is 5.73 Å². The first-order chi connectivity index (χ1) is 6.82. The first-order valence-electron chi connectivity index (χ1n) is 4.52. The third-order valence-electron chi connectivity index (χ3n) is 2.41. The lowest BCUT2D eigenvalue weighted by molar-refractivity contribution is 0.568. The molecule has 0 aromatic heterocycles. The summed E-state index contributed by atoms with van der Waals surface area (Å²) in [6, 6.07) is 4.98. The van der Waals surface area contributed by atoms with Gasteiger partial charge in [-0.2, -0.15) is 0 Å². The van der Waals surface area contributed by atoms with E-state index in [-0.39, 0.29) is 0 Å². The van der Waals surface area contributed by atoms with Crippen LogP contribution >= 0.6 is 0 Å². The van der Waals surface area contributed by atoms with Gasteiger partial charge in [-0.25, -0.2) is 12.8 Å². The first kappa shape index (κ1) is 12.1. The normalized spacial score (nSPS) is 16.0. The van der Waals surface area contributed by atoms with Crippen LogP contribution in [0.15, 0.2) is 24.3 Å². The van der Waals surface area contributed by atoms with Gasteiger partial charge in [0.15, 0.2) is 9.84 Å². The van der Waals surface area contributed by atoms with Crippen molar-refractivity contribution in [1.82, 2.24) is 0 Å². The van der Waals surface area contributed by atoms with Gasteiger partial charge in [0, 0.05) is 12.3 Å². The van der Waals surface area contributed by atoms with Crippen LogP contribution in [0.1, 0.15) is 18.5 Å². The van der Waals surface area contributed by atoms with Gasteiger partial charge in [-0.3, -0.25) is 0 Å². The van der Waals surface area contributed by atoms with E-state index in [4.69, 9.17) is 5.73 Å². The summed E-state index contributed by atoms with van der Waals surface area (Å²) in [6.45, 7) is 1.52. The predicted octanol–water partition coefficient (Wildman–Crippen LogP) is 1.26. The van der Waals surface area contributed by atoms with E-state index in [1.54, 1.807) is 6.07 Å². The minimum absolute atomic E-state index is 0.413. The van der Waals surface area contributed by atoms with Crippen LogP contribution in [0, 0.1) is 5.82 Å². The van der Waals surface area contributed by atoms with E-state index >= 15 is 0 Å². The zero-order chi connectivity index (χ0) is 11.6. The van der Waals surface area contributed by atoms with Crippen molar-refractivity contribution in [2.24, 2.45) is 5.73 Å². The number of rotatable bonds is 3. The van der Waals surface area contributed by atoms with E-state index in [0.29, 0.717) is 5.56 Å². The summed E-state index contributed by atoms with van der Waals surface area (Å²) in [7, 11) is -3.21. The van der Waals surface area contributed by atoms with Crippen LogP contribution in [0.5, 0.6) is 0 Å². The zero-order valence-electron chi connectivity index (χ0n) is 8.64. The molecule has 15 heavy (non-hydrogen) atoms. The smallest absolute Gasteiger partial charge is 0.151 e. The lowest BCUT2D eigenvalue weighted by Crippen LogP contribution is -2.30. The van der Waals surface area contributed by atoms with Gasteiger partial charge >= 0.3 is 0 Å². The maximum absolute atomic E-state index is 12.9. The molecule has 5 heteroatoms. The zero-order valence-corrected chi connectivity index (χ0v) is 9.46. The van der Waals surface area contributed by atoms with Crippen molar-refractivity contribution in [1.29, 1.82) is 0 Å². The number of hydrogen-bond acceptors (Lipinski definition) is 3. The van der Waals surface area contributed by atoms with E-state index in [1.807, 2.05) is 0 Å². The molecule has 0 aliphatic carbocycles. The second kappa shape index (κ2) is 4.28. The number of benzene rings is 1. The molecule has 0 bridgehead atoms. The van der Waals surface area contributed by atoms with Crippen LogP contribution in [-0.4, -0.2) is 19.9 Å². The van der Waals surface area contributed by atoms with E-state index < -0.39 is 26.9 Å². The largest absolute Gasteiger partial charge is 0.323 e. The maximum Gasteiger partial charge on any atom is 0.151 e. The minimum atomic E-state index is -3.21. The van der Waals surface area contributed by atoms with Gasteiger partial charge in [0.1, 0.15) is 5.82 Å². The number of hydrogen-bond donors (Lipinski definition) is 1. The summed E-state index contributed by atoms with van der Waals surface area (Å²) < 4.78 is 35.4. The van der Waals surface area contributed by atoms with Gasteiger partial charge in [0.2, 0.25) is 0 Å². The van der Waals surface area contributed by atoms with E-state index in [2.05, 4.69) is 0 Å². The second-order valence-electron chi connectivity index (χ2n) is 3.62. The second-order valence-corrected chi connectivity index (χ2v) is 6.02. The lowest BCUT2D eigenvalue weighted by atomic mass is 10.1. The first-order valence-corrected chi connectivity index (χ1v) is 6.47. The molecule has 0 aliphatic heterocycles. The molecule has 0 heterocycles. The third kappa shape index (κ3) is 3.00. The molecule has 0 saturated heterocycles. The molecule has 0 spiro atoms. The Morgan fingerprint density at radius 3 is 2.47 bits per heavy atom. The van der Waals surface area contributed by atoms with Crippen molar-refractivity contribution in [3.63, 3.8) is 0 Å². The molecule has 1 aromatic rings. The number of nitrogens with two attached hydrogens (primary N) is 1. The summed E-state index contributed by atoms with van der Waals surface area (Å²) in [4.78, 5) is 0. The maximum atomic E-state index is 12.9. The number of sulfone groups is 1. The highest BCUT2D eigenvalue weighted by Crippen LogP contribution is 2.19. The van der Waals surface area contributed by atoms with Gasteiger partial charge in [-0.05, 0) is 24.6 Å². The monoisotopic (exact) mass is 231 g/mol. The Morgan fingerprint density at radius 1 is 1.40 bits per heavy atom. The Bertz CT molecular complexity index is 444. The van der Waals surface area contributed by atoms with Crippen molar-refractivity contribution in [3.8, 4) is 0 Å². The van der Waals surface area contributed by atoms with Crippen LogP contribution in [0.3, 0.4) is 0 Å². The van der Waals surface area contributed by atoms with Crippen molar-refractivity contribution in [2.45, 2.75) is 18.2 Å². The van der Waals surface area contributed by atoms with Crippen LogP contribution in [0.2, 0.25) is 0 Å². The van der Waals surface area contributed by atoms with Gasteiger partial charge in [0.25, 0.3) is 0 Å². The molecule has 0 saturated carbocycles. The Hall–Kier alpha value is -0.940. The molecule has 0 unspecified atom stereocenters. The van der Waals surface area contributed by atoms with Crippen LogP contribution in [-0.2, 0) is 9.84 Å². The van der Waals surface area contributed by atoms with Gasteiger partial charge in [-0.1, -0.05) is 12.1 Å². The molecule has 0 amide bonds. The quantitative estimate of drug-likeness (QED) is 0.852. The molecular formula is C10H14FNO2S. The Balaban J connectivity index is 3.00. The van der Waals surface area contributed by atoms with Crippen molar-refractivity contribution >= 4 is 9.84 Å². The minimum Gasteiger partial charge on any atom is -0.323 e. The molecular weight excluding hydrogens is 217 g/mol. The molecule has 0 radical (unpaired) electrons. The topological polar surface area (TPSA) is 60.2 Å². The average Bonchev–Trinajstić information content (AvgIpc) is 2.14. The van der Waals surface area contributed by atoms with Crippen molar-refractivity contribution in [2.75, 3.05) is 6.26 Å². The standard InChI is InChI=1S/C10H14FNO2S/c1-7(15(2,13)14)10(12)8-4-3-5-9(11)6-8/h3-7,10H,12H2,1-2H3/t7-,10+/m0/s1. The fourth-order valence-corrected chi connectivity index (χ4v) is 1.94. The lowest BCUT2D eigenvalue weighted by Gasteiger charge is -2.18. The molecule has 3 nitrogen and oxygen atoms in total. The summed E-state index contributed by atoms with van der Waals surface area (Å²) >= 11 is 0. The fourth-order valence-electron chi connectivity index (χ4n) is 1.25. The van der Waals surface area contributed by atoms with Crippen molar-refractivity contribution < 1.29 is 12.8 Å². The predicted molar refractivity (Wildman–Crippen MR) is 57.6 cm³/mol. The fraction of sp³-hybridized carbons (Fsp3) is 0.400. The molecule has 2 N–H and O–H groups in total. The van der Waals surface area contributed by atoms with E-state index in [9.17, 15) is 12.8 Å². The Labute approximate surface area is 89.0 Å². The number of halogens is 1. The highest BCUT2D eigenvalue weighted by atomic mass is 32.2. The summed E-state index contributed by atoms with van der Waals surface area (Å²) in [6.07, 6.45) is 1.12. The third-order valence-corrected chi connectivity index (χ3v) is 4.06. The Morgan fingerprint density at radius 2 is 2.00 bits per heavy atom. The van der Waals surface area contributed by atoms with Crippen LogP contribution in [0.25, 0.3) is 0 Å². The summed E-state index contributed by atoms with van der Waals surface area (Å²) in [5.74, 6) is -0.413. The molecule has 1 aromatic carbocycles. The van der Waals surface area contributed by atoms with E-state index in [0.717, 1.165) is 6.26 Å². The molecule has 0 fully saturated rings. The molecule has 2 atom stereocenters. The average molecular weight is 231 g/mol. The van der Waals surface area contributed by atoms with Gasteiger partial charge in [-0.15, -0.1) is 0 Å². The highest BCUT2D eigenvalue weighted by molar-refractivity contribution is 7.91. The molecule has 0 aliphatic rings. The van der Waals surface area contributed by atoms with Crippen molar-refractivity contribution in [3.05, 3.63) is 35.6 Å². The van der Waals surface area contributed by atoms with E-state index in [1.165, 1.54) is 25.1 Å². The highest BCUT2D eigenvalue weighted by Gasteiger charge is 2.24. The van der Waals surface area contributed by atoms with Gasteiger partial charge in [0.05, 0.1) is 5.25 Å². The van der Waals surface area contributed by atoms with Crippen LogP contribution in [0.4, 0.5) is 4.39 Å². The SMILES string of the molecule is C[C@@H]([C@@H](N)c1cccc(F)c1)S(C)(=O)=O. The van der Waals surface area contributed by atoms with Crippen LogP contribution < -0.4 is 5.73 Å². The molecule has 1 rings (SSSR count). The summed E-state index contributed by atoms with van der Waals surface area (Å²) in [5.41, 5.74) is 6.24.